The lowest BCUT2D eigenvalue weighted by Gasteiger charge is -2.32. The van der Waals surface area contributed by atoms with Gasteiger partial charge in [0.05, 0.1) is 29.5 Å². The van der Waals surface area contributed by atoms with Gasteiger partial charge < -0.3 is 14.4 Å². The van der Waals surface area contributed by atoms with Crippen molar-refractivity contribution in [2.45, 2.75) is 44.9 Å². The molecule has 1 aliphatic carbocycles. The van der Waals surface area contributed by atoms with Crippen molar-refractivity contribution in [3.05, 3.63) is 82.7 Å². The maximum atomic E-state index is 13.2. The van der Waals surface area contributed by atoms with E-state index < -0.39 is 23.5 Å². The van der Waals surface area contributed by atoms with Crippen LogP contribution >= 0.6 is 0 Å². The van der Waals surface area contributed by atoms with Crippen molar-refractivity contribution < 1.29 is 23.9 Å². The Morgan fingerprint density at radius 3 is 2.81 bits per heavy atom. The van der Waals surface area contributed by atoms with E-state index in [9.17, 15) is 14.4 Å². The number of amides is 2. The Labute approximate surface area is 208 Å². The van der Waals surface area contributed by atoms with Gasteiger partial charge in [0.2, 0.25) is 0 Å². The van der Waals surface area contributed by atoms with Crippen molar-refractivity contribution in [3.8, 4) is 5.75 Å². The molecule has 1 aromatic carbocycles. The van der Waals surface area contributed by atoms with Crippen molar-refractivity contribution in [3.63, 3.8) is 0 Å². The molecule has 36 heavy (non-hydrogen) atoms. The van der Waals surface area contributed by atoms with Crippen LogP contribution in [0.4, 0.5) is 0 Å². The van der Waals surface area contributed by atoms with Crippen LogP contribution in [0.2, 0.25) is 0 Å². The normalized spacial score (nSPS) is 24.0. The summed E-state index contributed by atoms with van der Waals surface area (Å²) in [6.45, 7) is 6.03. The van der Waals surface area contributed by atoms with Crippen molar-refractivity contribution >= 4 is 29.1 Å². The maximum absolute atomic E-state index is 13.2. The van der Waals surface area contributed by atoms with Gasteiger partial charge in [-0.1, -0.05) is 30.4 Å². The summed E-state index contributed by atoms with van der Waals surface area (Å²) in [6, 6.07) is 4.55. The zero-order valence-electron chi connectivity index (χ0n) is 20.2. The molecule has 5 aliphatic rings. The number of fused-ring (bicyclic) bond motifs is 1. The molecule has 0 spiro atoms. The minimum Gasteiger partial charge on any atom is -0.493 e. The first kappa shape index (κ1) is 22.3. The summed E-state index contributed by atoms with van der Waals surface area (Å²) in [7, 11) is 0. The Hall–Kier alpha value is -4.20. The molecule has 182 valence electrons. The number of nitrogens with one attached hydrogen (secondary N) is 1. The van der Waals surface area contributed by atoms with Gasteiger partial charge in [-0.25, -0.2) is 4.79 Å². The third-order valence-electron chi connectivity index (χ3n) is 6.69. The third kappa shape index (κ3) is 3.44. The molecule has 0 fully saturated rings. The molecule has 0 bridgehead atoms. The van der Waals surface area contributed by atoms with Crippen LogP contribution in [0.3, 0.4) is 0 Å². The average Bonchev–Trinajstić information content (AvgIpc) is 3.47. The standard InChI is InChI=1S/C28H25N3O5/c1-28(2,3)36-27(34)19-14-15-6-4-8-18-23(29-11-12-31(19)24(15)18)22-21(25(32)30-26(22)33)17-7-5-9-20-16(17)10-13-35-20/h4-9,11-12,14,19,24H,10,13H2,1-3H3,(H,30,32,33). The number of aliphatic imine (C=N–C) groups is 1. The first-order valence-corrected chi connectivity index (χ1v) is 11.9. The fourth-order valence-electron chi connectivity index (χ4n) is 5.33. The number of carbonyl (C=O) groups excluding carboxylic acids is 3. The first-order valence-electron chi connectivity index (χ1n) is 11.9. The fourth-order valence-corrected chi connectivity index (χ4v) is 5.33. The molecule has 2 amide bonds. The SMILES string of the molecule is CC(C)(C)OC(=O)C1C=C2C=CC=C3C(C4=C(c5cccc6c5CCO6)C(=O)NC4=O)=NC=CN1C23. The Morgan fingerprint density at radius 2 is 2.00 bits per heavy atom. The molecule has 2 unspecified atom stereocenters. The number of nitrogens with zero attached hydrogens (tertiary/aromatic N) is 2. The van der Waals surface area contributed by atoms with Crippen LogP contribution in [-0.2, 0) is 25.5 Å². The number of imide groups is 1. The first-order chi connectivity index (χ1) is 17.2. The molecule has 0 radical (unpaired) electrons. The second-order valence-electron chi connectivity index (χ2n) is 10.2. The van der Waals surface area contributed by atoms with Crippen molar-refractivity contribution in [1.29, 1.82) is 0 Å². The quantitative estimate of drug-likeness (QED) is 0.525. The Balaban J connectivity index is 1.45. The molecule has 6 rings (SSSR count). The second-order valence-corrected chi connectivity index (χ2v) is 10.2. The summed E-state index contributed by atoms with van der Waals surface area (Å²) in [6.07, 6.45) is 11.6. The van der Waals surface area contributed by atoms with Crippen LogP contribution in [0.5, 0.6) is 5.75 Å². The highest BCUT2D eigenvalue weighted by atomic mass is 16.6. The van der Waals surface area contributed by atoms with Crippen LogP contribution in [0, 0.1) is 0 Å². The predicted molar refractivity (Wildman–Crippen MR) is 133 cm³/mol. The van der Waals surface area contributed by atoms with E-state index in [1.807, 2.05) is 68.2 Å². The van der Waals surface area contributed by atoms with E-state index in [2.05, 4.69) is 10.3 Å². The molecule has 8 heteroatoms. The molecular formula is C28H25N3O5. The van der Waals surface area contributed by atoms with E-state index in [1.54, 1.807) is 12.4 Å². The number of ether oxygens (including phenoxy) is 2. The smallest absolute Gasteiger partial charge is 0.333 e. The molecule has 4 aliphatic heterocycles. The Kier molecular flexibility index (Phi) is 4.90. The van der Waals surface area contributed by atoms with Crippen LogP contribution < -0.4 is 10.1 Å². The number of rotatable bonds is 3. The van der Waals surface area contributed by atoms with Crippen LogP contribution in [-0.4, -0.2) is 52.7 Å². The Morgan fingerprint density at radius 1 is 1.19 bits per heavy atom. The molecule has 1 aromatic rings. The van der Waals surface area contributed by atoms with Gasteiger partial charge in [-0.2, -0.15) is 0 Å². The number of carbonyl (C=O) groups is 3. The summed E-state index contributed by atoms with van der Waals surface area (Å²) in [5.74, 6) is -0.584. The largest absolute Gasteiger partial charge is 0.493 e. The predicted octanol–water partition coefficient (Wildman–Crippen LogP) is 2.77. The molecule has 1 N–H and O–H groups in total. The number of hydrogen-bond acceptors (Lipinski definition) is 7. The van der Waals surface area contributed by atoms with Gasteiger partial charge in [0.1, 0.15) is 17.4 Å². The molecule has 0 saturated carbocycles. The summed E-state index contributed by atoms with van der Waals surface area (Å²) in [5.41, 5.74) is 3.54. The summed E-state index contributed by atoms with van der Waals surface area (Å²) in [4.78, 5) is 45.8. The third-order valence-corrected chi connectivity index (χ3v) is 6.69. The van der Waals surface area contributed by atoms with Crippen molar-refractivity contribution in [2.24, 2.45) is 4.99 Å². The lowest BCUT2D eigenvalue weighted by Crippen LogP contribution is -2.43. The molecule has 8 nitrogen and oxygen atoms in total. The van der Waals surface area contributed by atoms with Crippen molar-refractivity contribution in [2.75, 3.05) is 6.61 Å². The van der Waals surface area contributed by atoms with Gasteiger partial charge in [0.25, 0.3) is 11.8 Å². The monoisotopic (exact) mass is 483 g/mol. The van der Waals surface area contributed by atoms with E-state index in [-0.39, 0.29) is 17.6 Å². The van der Waals surface area contributed by atoms with Crippen LogP contribution in [0.1, 0.15) is 31.9 Å². The highest BCUT2D eigenvalue weighted by Gasteiger charge is 2.45. The number of allylic oxidation sites excluding steroid dienone is 2. The van der Waals surface area contributed by atoms with E-state index >= 15 is 0 Å². The lowest BCUT2D eigenvalue weighted by atomic mass is 9.85. The minimum atomic E-state index is -0.636. The van der Waals surface area contributed by atoms with E-state index in [4.69, 9.17) is 9.47 Å². The summed E-state index contributed by atoms with van der Waals surface area (Å²) < 4.78 is 11.4. The molecule has 0 aromatic heterocycles. The highest BCUT2D eigenvalue weighted by molar-refractivity contribution is 6.47. The van der Waals surface area contributed by atoms with Crippen LogP contribution in [0.15, 0.2) is 76.6 Å². The number of esters is 1. The van der Waals surface area contributed by atoms with Gasteiger partial charge in [-0.3, -0.25) is 19.9 Å². The minimum absolute atomic E-state index is 0.230. The molecule has 4 heterocycles. The average molecular weight is 484 g/mol. The van der Waals surface area contributed by atoms with Crippen molar-refractivity contribution in [1.82, 2.24) is 10.2 Å². The number of benzene rings is 1. The zero-order chi connectivity index (χ0) is 25.2. The fraction of sp³-hybridized carbons (Fsp3) is 0.286. The molecule has 0 saturated heterocycles. The van der Waals surface area contributed by atoms with Crippen LogP contribution in [0.25, 0.3) is 5.57 Å². The molecular weight excluding hydrogens is 458 g/mol. The zero-order valence-corrected chi connectivity index (χ0v) is 20.2. The van der Waals surface area contributed by atoms with E-state index in [1.165, 1.54) is 0 Å². The van der Waals surface area contributed by atoms with E-state index in [0.717, 1.165) is 22.5 Å². The lowest BCUT2D eigenvalue weighted by molar-refractivity contribution is -0.158. The van der Waals surface area contributed by atoms with Gasteiger partial charge in [-0.05, 0) is 44.1 Å². The van der Waals surface area contributed by atoms with Gasteiger partial charge in [-0.15, -0.1) is 0 Å². The highest BCUT2D eigenvalue weighted by Crippen LogP contribution is 2.40. The Bertz CT molecular complexity index is 1420. The molecule has 2 atom stereocenters. The summed E-state index contributed by atoms with van der Waals surface area (Å²) in [5, 5.41) is 2.47. The van der Waals surface area contributed by atoms with Gasteiger partial charge in [0, 0.05) is 30.0 Å². The van der Waals surface area contributed by atoms with Gasteiger partial charge >= 0.3 is 5.97 Å². The number of hydrogen-bond donors (Lipinski definition) is 1. The second kappa shape index (κ2) is 7.91. The summed E-state index contributed by atoms with van der Waals surface area (Å²) >= 11 is 0. The van der Waals surface area contributed by atoms with Gasteiger partial charge in [0.15, 0.2) is 0 Å². The maximum Gasteiger partial charge on any atom is 0.333 e. The van der Waals surface area contributed by atoms with E-state index in [0.29, 0.717) is 29.9 Å². The topological polar surface area (TPSA) is 97.3 Å².